The monoisotopic (exact) mass is 366 g/mol. The zero-order chi connectivity index (χ0) is 20.1. The molecule has 0 bridgehead atoms. The molecule has 7 nitrogen and oxygen atoms in total. The standard InChI is InChI=1S/C19H26O7/c1-10(2)7-8-18-9-12(21)17(4,5)26-14(18)13(11(3)20)19(24,15(18)22)16(23)25-6/h7,12,21,24H,8-9H2,1-6H3/t12-,18-,19-/m1/s1. The van der Waals surface area contributed by atoms with E-state index in [0.29, 0.717) is 0 Å². The number of carbonyl (C=O) groups is 3. The third kappa shape index (κ3) is 2.70. The minimum absolute atomic E-state index is 0.0456. The summed E-state index contributed by atoms with van der Waals surface area (Å²) in [5.41, 5.74) is -4.84. The van der Waals surface area contributed by atoms with Gasteiger partial charge in [-0.05, 0) is 47.5 Å². The van der Waals surface area contributed by atoms with Crippen molar-refractivity contribution in [2.24, 2.45) is 5.41 Å². The smallest absolute Gasteiger partial charge is 0.350 e. The summed E-state index contributed by atoms with van der Waals surface area (Å²) in [7, 11) is 1.03. The van der Waals surface area contributed by atoms with Gasteiger partial charge in [0.05, 0.1) is 24.2 Å². The maximum atomic E-state index is 13.3. The molecule has 1 aliphatic heterocycles. The van der Waals surface area contributed by atoms with Crippen molar-refractivity contribution in [3.05, 3.63) is 23.0 Å². The molecule has 26 heavy (non-hydrogen) atoms. The molecular formula is C19H26O7. The van der Waals surface area contributed by atoms with Gasteiger partial charge in [0.2, 0.25) is 0 Å². The minimum Gasteiger partial charge on any atom is -0.488 e. The minimum atomic E-state index is -2.74. The van der Waals surface area contributed by atoms with E-state index >= 15 is 0 Å². The van der Waals surface area contributed by atoms with Crippen molar-refractivity contribution in [2.75, 3.05) is 7.11 Å². The molecule has 0 saturated carbocycles. The van der Waals surface area contributed by atoms with E-state index in [1.54, 1.807) is 19.9 Å². The highest BCUT2D eigenvalue weighted by Crippen LogP contribution is 2.56. The van der Waals surface area contributed by atoms with Crippen LogP contribution in [0.15, 0.2) is 23.0 Å². The normalized spacial score (nSPS) is 32.6. The number of fused-ring (bicyclic) bond motifs is 1. The second-order valence-corrected chi connectivity index (χ2v) is 7.78. The first-order chi connectivity index (χ1) is 11.8. The first-order valence-electron chi connectivity index (χ1n) is 8.47. The van der Waals surface area contributed by atoms with Crippen LogP contribution in [-0.2, 0) is 23.9 Å². The summed E-state index contributed by atoms with van der Waals surface area (Å²) in [6.07, 6.45) is 0.738. The number of aliphatic hydroxyl groups excluding tert-OH is 1. The van der Waals surface area contributed by atoms with Crippen molar-refractivity contribution in [1.29, 1.82) is 0 Å². The Balaban J connectivity index is 2.82. The van der Waals surface area contributed by atoms with E-state index in [0.717, 1.165) is 19.6 Å². The van der Waals surface area contributed by atoms with Crippen molar-refractivity contribution in [2.45, 2.75) is 64.8 Å². The number of Topliss-reactive ketones (excluding diaryl/α,β-unsaturated/α-hetero) is 2. The van der Waals surface area contributed by atoms with Crippen LogP contribution in [0.1, 0.15) is 47.5 Å². The molecule has 0 aromatic carbocycles. The molecular weight excluding hydrogens is 340 g/mol. The lowest BCUT2D eigenvalue weighted by Gasteiger charge is -2.45. The van der Waals surface area contributed by atoms with Crippen molar-refractivity contribution in [3.8, 4) is 0 Å². The number of esters is 1. The van der Waals surface area contributed by atoms with Gasteiger partial charge in [0, 0.05) is 0 Å². The molecule has 1 heterocycles. The van der Waals surface area contributed by atoms with Gasteiger partial charge in [-0.3, -0.25) is 9.59 Å². The summed E-state index contributed by atoms with van der Waals surface area (Å²) in [4.78, 5) is 37.9. The lowest BCUT2D eigenvalue weighted by Crippen LogP contribution is -2.55. The van der Waals surface area contributed by atoms with Gasteiger partial charge in [0.1, 0.15) is 11.4 Å². The van der Waals surface area contributed by atoms with Crippen LogP contribution in [0.4, 0.5) is 0 Å². The van der Waals surface area contributed by atoms with Gasteiger partial charge in [0.15, 0.2) is 11.6 Å². The summed E-state index contributed by atoms with van der Waals surface area (Å²) in [6.45, 7) is 8.06. The molecule has 1 saturated heterocycles. The molecule has 0 aromatic rings. The maximum absolute atomic E-state index is 13.3. The molecule has 2 N–H and O–H groups in total. The van der Waals surface area contributed by atoms with Gasteiger partial charge in [-0.2, -0.15) is 0 Å². The molecule has 0 aromatic heterocycles. The van der Waals surface area contributed by atoms with Crippen LogP contribution in [0.5, 0.6) is 0 Å². The van der Waals surface area contributed by atoms with Crippen molar-refractivity contribution < 1.29 is 34.1 Å². The number of carbonyl (C=O) groups excluding carboxylic acids is 3. The first kappa shape index (κ1) is 20.3. The van der Waals surface area contributed by atoms with Crippen molar-refractivity contribution in [3.63, 3.8) is 0 Å². The van der Waals surface area contributed by atoms with E-state index in [2.05, 4.69) is 4.74 Å². The summed E-state index contributed by atoms with van der Waals surface area (Å²) in [5, 5.41) is 21.5. The Morgan fingerprint density at radius 3 is 2.35 bits per heavy atom. The highest BCUT2D eigenvalue weighted by atomic mass is 16.5. The second-order valence-electron chi connectivity index (χ2n) is 7.78. The van der Waals surface area contributed by atoms with Gasteiger partial charge in [-0.1, -0.05) is 11.6 Å². The summed E-state index contributed by atoms with van der Waals surface area (Å²) in [5.74, 6) is -2.84. The van der Waals surface area contributed by atoms with E-state index in [1.165, 1.54) is 0 Å². The predicted molar refractivity (Wildman–Crippen MR) is 91.9 cm³/mol. The predicted octanol–water partition coefficient (Wildman–Crippen LogP) is 1.22. The lowest BCUT2D eigenvalue weighted by molar-refractivity contribution is -0.171. The van der Waals surface area contributed by atoms with E-state index in [1.807, 2.05) is 13.8 Å². The maximum Gasteiger partial charge on any atom is 0.350 e. The van der Waals surface area contributed by atoms with Crippen LogP contribution in [0.2, 0.25) is 0 Å². The summed E-state index contributed by atoms with van der Waals surface area (Å²) in [6, 6.07) is 0. The van der Waals surface area contributed by atoms with Crippen molar-refractivity contribution >= 4 is 17.5 Å². The lowest BCUT2D eigenvalue weighted by atomic mass is 9.70. The average molecular weight is 366 g/mol. The number of allylic oxidation sites excluding steroid dienone is 3. The molecule has 1 aliphatic carbocycles. The summed E-state index contributed by atoms with van der Waals surface area (Å²) < 4.78 is 10.5. The van der Waals surface area contributed by atoms with E-state index < -0.39 is 45.8 Å². The number of aliphatic hydroxyl groups is 2. The molecule has 144 valence electrons. The Morgan fingerprint density at radius 2 is 1.88 bits per heavy atom. The molecule has 0 radical (unpaired) electrons. The third-order valence-corrected chi connectivity index (χ3v) is 5.19. The quantitative estimate of drug-likeness (QED) is 0.437. The Kier molecular flexibility index (Phi) is 4.94. The van der Waals surface area contributed by atoms with Gasteiger partial charge in [-0.25, -0.2) is 4.79 Å². The number of ketones is 2. The average Bonchev–Trinajstić information content (AvgIpc) is 2.71. The fourth-order valence-electron chi connectivity index (χ4n) is 3.61. The Morgan fingerprint density at radius 1 is 1.31 bits per heavy atom. The van der Waals surface area contributed by atoms with Gasteiger partial charge in [-0.15, -0.1) is 0 Å². The number of hydrogen-bond acceptors (Lipinski definition) is 7. The molecule has 0 spiro atoms. The molecule has 1 fully saturated rings. The van der Waals surface area contributed by atoms with Crippen LogP contribution in [0, 0.1) is 5.41 Å². The summed E-state index contributed by atoms with van der Waals surface area (Å²) >= 11 is 0. The van der Waals surface area contributed by atoms with Crippen molar-refractivity contribution in [1.82, 2.24) is 0 Å². The van der Waals surface area contributed by atoms with Crippen LogP contribution in [0.25, 0.3) is 0 Å². The molecule has 7 heteroatoms. The highest BCUT2D eigenvalue weighted by molar-refractivity contribution is 6.23. The van der Waals surface area contributed by atoms with Gasteiger partial charge in [0.25, 0.3) is 5.60 Å². The number of methoxy groups -OCH3 is 1. The largest absolute Gasteiger partial charge is 0.488 e. The molecule has 2 aliphatic rings. The second kappa shape index (κ2) is 6.32. The third-order valence-electron chi connectivity index (χ3n) is 5.19. The molecule has 0 amide bonds. The van der Waals surface area contributed by atoms with Crippen LogP contribution in [0.3, 0.4) is 0 Å². The number of ether oxygens (including phenoxy) is 2. The van der Waals surface area contributed by atoms with Crippen LogP contribution >= 0.6 is 0 Å². The zero-order valence-corrected chi connectivity index (χ0v) is 16.0. The fourth-order valence-corrected chi connectivity index (χ4v) is 3.61. The van der Waals surface area contributed by atoms with Gasteiger partial charge >= 0.3 is 5.97 Å². The van der Waals surface area contributed by atoms with E-state index in [9.17, 15) is 24.6 Å². The first-order valence-corrected chi connectivity index (χ1v) is 8.47. The number of rotatable bonds is 4. The zero-order valence-electron chi connectivity index (χ0n) is 16.0. The SMILES string of the molecule is COC(=O)[C@]1(O)C(=O)[C@]2(CC=C(C)C)C[C@@H](O)C(C)(C)OC2=C1C(C)=O. The topological polar surface area (TPSA) is 110 Å². The molecule has 0 unspecified atom stereocenters. The highest BCUT2D eigenvalue weighted by Gasteiger charge is 2.70. The number of hydrogen-bond donors (Lipinski definition) is 2. The van der Waals surface area contributed by atoms with E-state index in [-0.39, 0.29) is 18.6 Å². The van der Waals surface area contributed by atoms with E-state index in [4.69, 9.17) is 4.74 Å². The van der Waals surface area contributed by atoms with Crippen LogP contribution < -0.4 is 0 Å². The van der Waals surface area contributed by atoms with Crippen LogP contribution in [-0.4, -0.2) is 52.2 Å². The Hall–Kier alpha value is -1.99. The fraction of sp³-hybridized carbons (Fsp3) is 0.632. The molecule has 2 rings (SSSR count). The van der Waals surface area contributed by atoms with Gasteiger partial charge < -0.3 is 19.7 Å². The molecule has 3 atom stereocenters. The Bertz CT molecular complexity index is 726. The Labute approximate surface area is 152 Å².